The van der Waals surface area contributed by atoms with Crippen molar-refractivity contribution in [1.82, 2.24) is 0 Å². The molecule has 2 nitrogen and oxygen atoms in total. The lowest BCUT2D eigenvalue weighted by molar-refractivity contribution is 0.673. The molecule has 0 N–H and O–H groups in total. The van der Waals surface area contributed by atoms with Gasteiger partial charge in [0.25, 0.3) is 0 Å². The van der Waals surface area contributed by atoms with Crippen LogP contribution in [0.15, 0.2) is 192 Å². The minimum absolute atomic E-state index is 0.905. The van der Waals surface area contributed by atoms with E-state index in [1.165, 1.54) is 62.4 Å². The Balaban J connectivity index is 0.968. The molecular weight excluding hydrogens is 719 g/mol. The van der Waals surface area contributed by atoms with Crippen LogP contribution in [0.5, 0.6) is 0 Å². The number of hydrogen-bond donors (Lipinski definition) is 0. The molecule has 0 saturated carbocycles. The molecule has 9 aromatic carbocycles. The maximum atomic E-state index is 6.53. The monoisotopic (exact) mass is 749 g/mol. The minimum atomic E-state index is 0.905. The molecule has 56 heavy (non-hydrogen) atoms. The summed E-state index contributed by atoms with van der Waals surface area (Å²) in [5.74, 6) is 0. The summed E-state index contributed by atoms with van der Waals surface area (Å²) in [4.78, 5) is 2.38. The lowest BCUT2D eigenvalue weighted by Crippen LogP contribution is -2.09. The van der Waals surface area contributed by atoms with E-state index in [2.05, 4.69) is 193 Å². The molecular formula is C52H31NOS2. The molecule has 0 aliphatic carbocycles. The summed E-state index contributed by atoms with van der Waals surface area (Å²) in [6.45, 7) is 0. The van der Waals surface area contributed by atoms with Crippen molar-refractivity contribution in [1.29, 1.82) is 0 Å². The van der Waals surface area contributed by atoms with E-state index in [0.29, 0.717) is 0 Å². The summed E-state index contributed by atoms with van der Waals surface area (Å²) < 4.78 is 11.8. The van der Waals surface area contributed by atoms with E-state index in [1.54, 1.807) is 0 Å². The second-order valence-electron chi connectivity index (χ2n) is 14.5. The summed E-state index contributed by atoms with van der Waals surface area (Å²) in [5.41, 5.74) is 9.95. The maximum absolute atomic E-state index is 6.53. The normalized spacial score (nSPS) is 11.9. The van der Waals surface area contributed by atoms with Gasteiger partial charge in [-0.15, -0.1) is 22.7 Å². The number of anilines is 3. The summed E-state index contributed by atoms with van der Waals surface area (Å²) >= 11 is 3.72. The smallest absolute Gasteiger partial charge is 0.143 e. The highest BCUT2D eigenvalue weighted by Gasteiger charge is 2.18. The quantitative estimate of drug-likeness (QED) is 0.174. The molecule has 0 atom stereocenters. The first-order chi connectivity index (χ1) is 27.7. The molecule has 0 amide bonds. The lowest BCUT2D eigenvalue weighted by atomic mass is 9.98. The fraction of sp³-hybridized carbons (Fsp3) is 0. The molecule has 12 aromatic rings. The van der Waals surface area contributed by atoms with Crippen LogP contribution < -0.4 is 4.90 Å². The summed E-state index contributed by atoms with van der Waals surface area (Å²) in [5, 5.41) is 9.87. The maximum Gasteiger partial charge on any atom is 0.143 e. The Kier molecular flexibility index (Phi) is 7.00. The first-order valence-corrected chi connectivity index (χ1v) is 20.5. The van der Waals surface area contributed by atoms with Crippen LogP contribution in [-0.4, -0.2) is 0 Å². The van der Waals surface area contributed by atoms with Crippen LogP contribution in [-0.2, 0) is 0 Å². The van der Waals surface area contributed by atoms with Crippen LogP contribution in [0.4, 0.5) is 17.1 Å². The Hall–Kier alpha value is -6.72. The fourth-order valence-corrected chi connectivity index (χ4v) is 10.9. The van der Waals surface area contributed by atoms with Gasteiger partial charge in [-0.1, -0.05) is 121 Å². The zero-order valence-electron chi connectivity index (χ0n) is 30.1. The zero-order chi connectivity index (χ0) is 36.7. The molecule has 4 heteroatoms. The molecule has 0 spiro atoms. The standard InChI is InChI=1S/C52H31NOS2/c1-2-9-40-33(8-1)20-28-45-51-39(12-7-13-46(51)54-52(40)45)34-18-24-37(25-19-34)53(38-26-29-44-42-11-4-6-15-48(42)56-50(44)31-38)36-22-16-32(17-23-36)35-21-27-43-41-10-3-5-14-47(41)55-49(43)30-35/h1-31H. The van der Waals surface area contributed by atoms with Crippen molar-refractivity contribution in [3.63, 3.8) is 0 Å². The molecule has 0 radical (unpaired) electrons. The summed E-state index contributed by atoms with van der Waals surface area (Å²) in [6.07, 6.45) is 0. The largest absolute Gasteiger partial charge is 0.455 e. The van der Waals surface area contributed by atoms with Gasteiger partial charge in [0.2, 0.25) is 0 Å². The van der Waals surface area contributed by atoms with E-state index in [-0.39, 0.29) is 0 Å². The molecule has 0 bridgehead atoms. The topological polar surface area (TPSA) is 16.4 Å². The van der Waals surface area contributed by atoms with Crippen LogP contribution in [0.3, 0.4) is 0 Å². The van der Waals surface area contributed by atoms with Crippen LogP contribution >= 0.6 is 22.7 Å². The van der Waals surface area contributed by atoms with E-state index in [1.807, 2.05) is 22.7 Å². The van der Waals surface area contributed by atoms with Gasteiger partial charge in [0.05, 0.1) is 0 Å². The Labute approximate surface area is 330 Å². The highest BCUT2D eigenvalue weighted by Crippen LogP contribution is 2.44. The van der Waals surface area contributed by atoms with Crippen molar-refractivity contribution in [3.05, 3.63) is 188 Å². The third-order valence-electron chi connectivity index (χ3n) is 11.3. The minimum Gasteiger partial charge on any atom is -0.455 e. The molecule has 3 aromatic heterocycles. The van der Waals surface area contributed by atoms with Crippen LogP contribution in [0.25, 0.3) is 95.3 Å². The van der Waals surface area contributed by atoms with E-state index in [9.17, 15) is 0 Å². The molecule has 0 aliphatic rings. The number of benzene rings is 9. The van der Waals surface area contributed by atoms with Gasteiger partial charge in [-0.25, -0.2) is 0 Å². The van der Waals surface area contributed by atoms with Crippen molar-refractivity contribution < 1.29 is 4.42 Å². The van der Waals surface area contributed by atoms with Gasteiger partial charge in [-0.05, 0) is 94.4 Å². The van der Waals surface area contributed by atoms with Crippen molar-refractivity contribution in [2.24, 2.45) is 0 Å². The zero-order valence-corrected chi connectivity index (χ0v) is 31.7. The van der Waals surface area contributed by atoms with Gasteiger partial charge in [0.15, 0.2) is 0 Å². The average molecular weight is 750 g/mol. The highest BCUT2D eigenvalue weighted by molar-refractivity contribution is 7.26. The molecule has 262 valence electrons. The Morgan fingerprint density at radius 1 is 0.357 bits per heavy atom. The first-order valence-electron chi connectivity index (χ1n) is 18.9. The predicted octanol–water partition coefficient (Wildman–Crippen LogP) is 16.3. The third kappa shape index (κ3) is 4.93. The number of nitrogens with zero attached hydrogens (tertiary/aromatic N) is 1. The Bertz CT molecular complexity index is 3480. The number of furan rings is 1. The van der Waals surface area contributed by atoms with Crippen molar-refractivity contribution in [2.45, 2.75) is 0 Å². The van der Waals surface area contributed by atoms with E-state index in [4.69, 9.17) is 4.42 Å². The SMILES string of the molecule is c1ccc2c(c1)ccc1c2oc2cccc(-c3ccc(N(c4ccc(-c5ccc6c(c5)sc5ccccc56)cc4)c4ccc5c(c4)sc4ccccc45)cc3)c21. The number of hydrogen-bond acceptors (Lipinski definition) is 4. The molecule has 3 heterocycles. The number of rotatable bonds is 5. The molecule has 12 rings (SSSR count). The first kappa shape index (κ1) is 31.6. The lowest BCUT2D eigenvalue weighted by Gasteiger charge is -2.26. The molecule has 0 fully saturated rings. The van der Waals surface area contributed by atoms with Gasteiger partial charge >= 0.3 is 0 Å². The van der Waals surface area contributed by atoms with Crippen LogP contribution in [0.2, 0.25) is 0 Å². The molecule has 0 aliphatic heterocycles. The van der Waals surface area contributed by atoms with E-state index in [0.717, 1.165) is 50.0 Å². The second-order valence-corrected chi connectivity index (χ2v) is 16.6. The van der Waals surface area contributed by atoms with Gasteiger partial charge in [0.1, 0.15) is 11.2 Å². The second kappa shape index (κ2) is 12.4. The Morgan fingerprint density at radius 3 is 1.64 bits per heavy atom. The van der Waals surface area contributed by atoms with E-state index >= 15 is 0 Å². The van der Waals surface area contributed by atoms with Gasteiger partial charge < -0.3 is 9.32 Å². The summed E-state index contributed by atoms with van der Waals surface area (Å²) in [6, 6.07) is 68.5. The van der Waals surface area contributed by atoms with Crippen LogP contribution in [0, 0.1) is 0 Å². The van der Waals surface area contributed by atoms with Gasteiger partial charge in [-0.3, -0.25) is 0 Å². The van der Waals surface area contributed by atoms with Gasteiger partial charge in [-0.2, -0.15) is 0 Å². The fourth-order valence-electron chi connectivity index (χ4n) is 8.59. The number of thiophene rings is 2. The number of fused-ring (bicyclic) bond motifs is 11. The van der Waals surface area contributed by atoms with Crippen molar-refractivity contribution in [3.8, 4) is 22.3 Å². The summed E-state index contributed by atoms with van der Waals surface area (Å²) in [7, 11) is 0. The molecule has 0 unspecified atom stereocenters. The third-order valence-corrected chi connectivity index (χ3v) is 13.5. The van der Waals surface area contributed by atoms with Crippen molar-refractivity contribution in [2.75, 3.05) is 4.90 Å². The average Bonchev–Trinajstić information content (AvgIpc) is 3.95. The highest BCUT2D eigenvalue weighted by atomic mass is 32.1. The predicted molar refractivity (Wildman–Crippen MR) is 243 cm³/mol. The molecule has 0 saturated heterocycles. The van der Waals surface area contributed by atoms with Crippen LogP contribution in [0.1, 0.15) is 0 Å². The Morgan fingerprint density at radius 2 is 0.911 bits per heavy atom. The van der Waals surface area contributed by atoms with Crippen molar-refractivity contribution >= 4 is 113 Å². The van der Waals surface area contributed by atoms with E-state index < -0.39 is 0 Å². The van der Waals surface area contributed by atoms with Gasteiger partial charge in [0, 0.05) is 73.6 Å².